The van der Waals surface area contributed by atoms with Crippen LogP contribution in [0.3, 0.4) is 0 Å². The van der Waals surface area contributed by atoms with E-state index in [0.29, 0.717) is 0 Å². The van der Waals surface area contributed by atoms with Gasteiger partial charge in [-0.3, -0.25) is 0 Å². The second-order valence-corrected chi connectivity index (χ2v) is 2.31. The van der Waals surface area contributed by atoms with E-state index in [2.05, 4.69) is 15.0 Å². The van der Waals surface area contributed by atoms with Gasteiger partial charge in [0.1, 0.15) is 5.69 Å². The molecule has 0 fully saturated rings. The molecule has 0 unspecified atom stereocenters. The summed E-state index contributed by atoms with van der Waals surface area (Å²) in [4.78, 5) is 17.5. The van der Waals surface area contributed by atoms with Crippen LogP contribution in [0.25, 0.3) is 10.4 Å². The third kappa shape index (κ3) is 3.12. The number of nitrogens with zero attached hydrogens (tertiary/aromatic N) is 4. The minimum Gasteiger partial charge on any atom is -0.461 e. The lowest BCUT2D eigenvalue weighted by atomic mass is 10.4. The molecule has 1 heterocycles. The average Bonchev–Trinajstić information content (AvgIpc) is 2.25. The number of ether oxygens (including phenoxy) is 1. The third-order valence-electron chi connectivity index (χ3n) is 1.36. The predicted octanol–water partition coefficient (Wildman–Crippen LogP) is 1.55. The summed E-state index contributed by atoms with van der Waals surface area (Å²) in [6, 6.07) is 4.95. The molecule has 14 heavy (non-hydrogen) atoms. The lowest BCUT2D eigenvalue weighted by Crippen LogP contribution is -2.09. The van der Waals surface area contributed by atoms with E-state index >= 15 is 0 Å². The van der Waals surface area contributed by atoms with Gasteiger partial charge in [-0.15, -0.1) is 0 Å². The largest absolute Gasteiger partial charge is 0.461 e. The minimum atomic E-state index is -0.515. The summed E-state index contributed by atoms with van der Waals surface area (Å²) in [5.41, 5.74) is 8.20. The van der Waals surface area contributed by atoms with Crippen LogP contribution in [0.2, 0.25) is 0 Å². The van der Waals surface area contributed by atoms with E-state index in [9.17, 15) is 4.79 Å². The smallest absolute Gasteiger partial charge is 0.356 e. The van der Waals surface area contributed by atoms with Gasteiger partial charge in [0, 0.05) is 11.1 Å². The van der Waals surface area contributed by atoms with Crippen molar-refractivity contribution >= 4 is 5.97 Å². The van der Waals surface area contributed by atoms with Crippen molar-refractivity contribution in [2.45, 2.75) is 0 Å². The molecule has 0 atom stereocenters. The molecule has 0 amide bonds. The lowest BCUT2D eigenvalue weighted by molar-refractivity contribution is 0.0510. The molecule has 1 aromatic rings. The highest BCUT2D eigenvalue weighted by Crippen LogP contribution is 1.96. The predicted molar refractivity (Wildman–Crippen MR) is 48.5 cm³/mol. The zero-order valence-corrected chi connectivity index (χ0v) is 7.33. The Morgan fingerprint density at radius 3 is 3.14 bits per heavy atom. The SMILES string of the molecule is [N-]=[N+]=NCCOC(=O)c1ccccn1. The Balaban J connectivity index is 2.40. The van der Waals surface area contributed by atoms with Crippen molar-refractivity contribution in [2.75, 3.05) is 13.2 Å². The fourth-order valence-corrected chi connectivity index (χ4v) is 0.781. The van der Waals surface area contributed by atoms with Crippen LogP contribution in [0.15, 0.2) is 29.5 Å². The number of aromatic nitrogens is 1. The number of hydrogen-bond donors (Lipinski definition) is 0. The minimum absolute atomic E-state index is 0.0689. The maximum Gasteiger partial charge on any atom is 0.356 e. The molecule has 1 aromatic heterocycles. The molecule has 6 nitrogen and oxygen atoms in total. The zero-order chi connectivity index (χ0) is 10.2. The Morgan fingerprint density at radius 1 is 1.64 bits per heavy atom. The van der Waals surface area contributed by atoms with Gasteiger partial charge in [0.25, 0.3) is 0 Å². The Hall–Kier alpha value is -2.07. The Morgan fingerprint density at radius 2 is 2.50 bits per heavy atom. The first kappa shape index (κ1) is 10.0. The maximum atomic E-state index is 11.2. The van der Waals surface area contributed by atoms with E-state index in [-0.39, 0.29) is 18.8 Å². The third-order valence-corrected chi connectivity index (χ3v) is 1.36. The summed E-state index contributed by atoms with van der Waals surface area (Å²) in [5.74, 6) is -0.515. The van der Waals surface area contributed by atoms with Gasteiger partial charge in [0.2, 0.25) is 0 Å². The highest BCUT2D eigenvalue weighted by molar-refractivity contribution is 5.87. The van der Waals surface area contributed by atoms with Gasteiger partial charge in [-0.25, -0.2) is 9.78 Å². The van der Waals surface area contributed by atoms with Gasteiger partial charge >= 0.3 is 5.97 Å². The van der Waals surface area contributed by atoms with E-state index in [0.717, 1.165) is 0 Å². The van der Waals surface area contributed by atoms with Crippen molar-refractivity contribution in [1.29, 1.82) is 0 Å². The molecule has 0 aliphatic carbocycles. The van der Waals surface area contributed by atoms with Gasteiger partial charge in [-0.05, 0) is 17.7 Å². The fourth-order valence-electron chi connectivity index (χ4n) is 0.781. The molecule has 0 aliphatic rings. The van der Waals surface area contributed by atoms with Crippen LogP contribution in [0.4, 0.5) is 0 Å². The summed E-state index contributed by atoms with van der Waals surface area (Å²) in [7, 11) is 0. The highest BCUT2D eigenvalue weighted by Gasteiger charge is 2.05. The van der Waals surface area contributed by atoms with Crippen LogP contribution in [-0.4, -0.2) is 24.1 Å². The summed E-state index contributed by atoms with van der Waals surface area (Å²) in [5, 5.41) is 3.22. The molecule has 0 radical (unpaired) electrons. The van der Waals surface area contributed by atoms with E-state index in [4.69, 9.17) is 10.3 Å². The molecule has 0 saturated carbocycles. The van der Waals surface area contributed by atoms with E-state index < -0.39 is 5.97 Å². The number of hydrogen-bond acceptors (Lipinski definition) is 4. The summed E-state index contributed by atoms with van der Waals surface area (Å²) in [6.45, 7) is 0.203. The fraction of sp³-hybridized carbons (Fsp3) is 0.250. The van der Waals surface area contributed by atoms with Crippen LogP contribution in [-0.2, 0) is 4.74 Å². The van der Waals surface area contributed by atoms with Crippen molar-refractivity contribution in [3.8, 4) is 0 Å². The quantitative estimate of drug-likeness (QED) is 0.238. The van der Waals surface area contributed by atoms with Crippen molar-refractivity contribution in [3.05, 3.63) is 40.5 Å². The topological polar surface area (TPSA) is 88.0 Å². The number of azide groups is 1. The molecule has 1 rings (SSSR count). The van der Waals surface area contributed by atoms with Gasteiger partial charge in [0.15, 0.2) is 0 Å². The second-order valence-electron chi connectivity index (χ2n) is 2.31. The molecule has 0 N–H and O–H groups in total. The molecule has 6 heteroatoms. The molecule has 0 aromatic carbocycles. The molecule has 0 aliphatic heterocycles. The average molecular weight is 192 g/mol. The summed E-state index contributed by atoms with van der Waals surface area (Å²) < 4.78 is 4.76. The first-order chi connectivity index (χ1) is 6.84. The van der Waals surface area contributed by atoms with E-state index in [1.54, 1.807) is 18.2 Å². The van der Waals surface area contributed by atoms with Crippen molar-refractivity contribution in [2.24, 2.45) is 5.11 Å². The number of carbonyl (C=O) groups excluding carboxylic acids is 1. The first-order valence-electron chi connectivity index (χ1n) is 3.93. The Kier molecular flexibility index (Phi) is 3.97. The van der Waals surface area contributed by atoms with Crippen molar-refractivity contribution in [1.82, 2.24) is 4.98 Å². The van der Waals surface area contributed by atoms with Crippen LogP contribution in [0.1, 0.15) is 10.5 Å². The highest BCUT2D eigenvalue weighted by atomic mass is 16.5. The molecule has 0 spiro atoms. The van der Waals surface area contributed by atoms with Gasteiger partial charge in [0.05, 0.1) is 13.2 Å². The maximum absolute atomic E-state index is 11.2. The van der Waals surface area contributed by atoms with Gasteiger partial charge < -0.3 is 4.74 Å². The number of rotatable bonds is 4. The standard InChI is InChI=1S/C8H8N4O2/c9-12-11-5-6-14-8(13)7-3-1-2-4-10-7/h1-4H,5-6H2. The van der Waals surface area contributed by atoms with Crippen LogP contribution in [0, 0.1) is 0 Å². The van der Waals surface area contributed by atoms with Gasteiger partial charge in [-0.1, -0.05) is 11.2 Å². The number of carbonyl (C=O) groups is 1. The second kappa shape index (κ2) is 5.55. The number of esters is 1. The molecular weight excluding hydrogens is 184 g/mol. The van der Waals surface area contributed by atoms with Crippen molar-refractivity contribution in [3.63, 3.8) is 0 Å². The first-order valence-corrected chi connectivity index (χ1v) is 3.93. The summed E-state index contributed by atoms with van der Waals surface area (Å²) >= 11 is 0. The van der Waals surface area contributed by atoms with Crippen LogP contribution >= 0.6 is 0 Å². The van der Waals surface area contributed by atoms with Crippen LogP contribution < -0.4 is 0 Å². The molecule has 0 bridgehead atoms. The molecule has 0 saturated heterocycles. The lowest BCUT2D eigenvalue weighted by Gasteiger charge is -2.00. The Bertz CT molecular complexity index is 346. The Labute approximate surface area is 80.2 Å². The molecule has 72 valence electrons. The monoisotopic (exact) mass is 192 g/mol. The normalized spacial score (nSPS) is 8.86. The zero-order valence-electron chi connectivity index (χ0n) is 7.33. The van der Waals surface area contributed by atoms with E-state index in [1.807, 2.05) is 0 Å². The van der Waals surface area contributed by atoms with Gasteiger partial charge in [-0.2, -0.15) is 0 Å². The van der Waals surface area contributed by atoms with Crippen molar-refractivity contribution < 1.29 is 9.53 Å². The van der Waals surface area contributed by atoms with Crippen LogP contribution in [0.5, 0.6) is 0 Å². The number of pyridine rings is 1. The van der Waals surface area contributed by atoms with E-state index in [1.165, 1.54) is 6.20 Å². The molecular formula is C8H8N4O2. The summed E-state index contributed by atoms with van der Waals surface area (Å²) in [6.07, 6.45) is 1.50.